The fraction of sp³-hybridized carbons (Fsp3) is 1.00. The van der Waals surface area contributed by atoms with Gasteiger partial charge in [-0.2, -0.15) is 0 Å². The molecule has 0 aliphatic heterocycles. The Labute approximate surface area is 95.8 Å². The number of hydrogen-bond donors (Lipinski definition) is 1. The molecule has 0 aromatic carbocycles. The Morgan fingerprint density at radius 1 is 0.933 bits per heavy atom. The van der Waals surface area contributed by atoms with Gasteiger partial charge in [-0.3, -0.25) is 0 Å². The van der Waals surface area contributed by atoms with Gasteiger partial charge < -0.3 is 5.73 Å². The standard InChI is InChI=1S/C14H29N/c1-2-3-4-5-7-10-14(13-15)11-8-6-9-12-14/h2-13,15H2,1H3. The van der Waals surface area contributed by atoms with Gasteiger partial charge in [0.25, 0.3) is 0 Å². The summed E-state index contributed by atoms with van der Waals surface area (Å²) >= 11 is 0. The van der Waals surface area contributed by atoms with E-state index in [4.69, 9.17) is 5.73 Å². The molecule has 0 heterocycles. The van der Waals surface area contributed by atoms with E-state index >= 15 is 0 Å². The molecule has 0 bridgehead atoms. The fourth-order valence-electron chi connectivity index (χ4n) is 2.96. The van der Waals surface area contributed by atoms with Crippen molar-refractivity contribution in [3.8, 4) is 0 Å². The van der Waals surface area contributed by atoms with Gasteiger partial charge in [-0.25, -0.2) is 0 Å². The second-order valence-corrected chi connectivity index (χ2v) is 5.43. The maximum atomic E-state index is 5.98. The Kier molecular flexibility index (Phi) is 6.31. The molecule has 0 saturated heterocycles. The van der Waals surface area contributed by atoms with Gasteiger partial charge >= 0.3 is 0 Å². The maximum absolute atomic E-state index is 5.98. The van der Waals surface area contributed by atoms with Crippen LogP contribution in [0.1, 0.15) is 77.6 Å². The first-order chi connectivity index (χ1) is 7.33. The predicted octanol–water partition coefficient (Wildman–Crippen LogP) is 4.26. The van der Waals surface area contributed by atoms with Crippen LogP contribution < -0.4 is 5.73 Å². The third-order valence-electron chi connectivity index (χ3n) is 4.16. The zero-order valence-corrected chi connectivity index (χ0v) is 10.6. The van der Waals surface area contributed by atoms with Crippen molar-refractivity contribution < 1.29 is 0 Å². The summed E-state index contributed by atoms with van der Waals surface area (Å²) in [7, 11) is 0. The summed E-state index contributed by atoms with van der Waals surface area (Å²) in [6, 6.07) is 0. The van der Waals surface area contributed by atoms with Crippen molar-refractivity contribution in [3.05, 3.63) is 0 Å². The molecule has 0 amide bonds. The lowest BCUT2D eigenvalue weighted by Gasteiger charge is -2.36. The van der Waals surface area contributed by atoms with Crippen molar-refractivity contribution in [3.63, 3.8) is 0 Å². The zero-order chi connectivity index (χ0) is 11.0. The van der Waals surface area contributed by atoms with E-state index in [2.05, 4.69) is 6.92 Å². The lowest BCUT2D eigenvalue weighted by Crippen LogP contribution is -2.32. The van der Waals surface area contributed by atoms with Crippen molar-refractivity contribution in [2.24, 2.45) is 11.1 Å². The number of hydrogen-bond acceptors (Lipinski definition) is 1. The highest BCUT2D eigenvalue weighted by Crippen LogP contribution is 2.39. The number of unbranched alkanes of at least 4 members (excludes halogenated alkanes) is 4. The van der Waals surface area contributed by atoms with Gasteiger partial charge in [0.1, 0.15) is 0 Å². The van der Waals surface area contributed by atoms with E-state index in [-0.39, 0.29) is 0 Å². The van der Waals surface area contributed by atoms with Crippen LogP contribution in [0.15, 0.2) is 0 Å². The lowest BCUT2D eigenvalue weighted by molar-refractivity contribution is 0.176. The van der Waals surface area contributed by atoms with Crippen molar-refractivity contribution in [2.75, 3.05) is 6.54 Å². The molecule has 0 atom stereocenters. The first kappa shape index (κ1) is 13.0. The first-order valence-corrected chi connectivity index (χ1v) is 7.03. The maximum Gasteiger partial charge on any atom is -0.00205 e. The Hall–Kier alpha value is -0.0400. The van der Waals surface area contributed by atoms with Crippen molar-refractivity contribution >= 4 is 0 Å². The molecule has 0 spiro atoms. The minimum absolute atomic E-state index is 0.546. The highest BCUT2D eigenvalue weighted by atomic mass is 14.6. The van der Waals surface area contributed by atoms with Crippen LogP contribution in [0.2, 0.25) is 0 Å². The van der Waals surface area contributed by atoms with E-state index < -0.39 is 0 Å². The van der Waals surface area contributed by atoms with Crippen molar-refractivity contribution in [1.82, 2.24) is 0 Å². The van der Waals surface area contributed by atoms with Gasteiger partial charge in [0.15, 0.2) is 0 Å². The molecule has 90 valence electrons. The van der Waals surface area contributed by atoms with Crippen LogP contribution in [-0.4, -0.2) is 6.54 Å². The second kappa shape index (κ2) is 7.27. The normalized spacial score (nSPS) is 20.4. The molecule has 1 nitrogen and oxygen atoms in total. The summed E-state index contributed by atoms with van der Waals surface area (Å²) in [5, 5.41) is 0. The van der Waals surface area contributed by atoms with Crippen molar-refractivity contribution in [1.29, 1.82) is 0 Å². The summed E-state index contributed by atoms with van der Waals surface area (Å²) in [6.07, 6.45) is 15.5. The van der Waals surface area contributed by atoms with Crippen LogP contribution >= 0.6 is 0 Å². The molecule has 1 heteroatoms. The minimum atomic E-state index is 0.546. The average molecular weight is 211 g/mol. The monoisotopic (exact) mass is 211 g/mol. The van der Waals surface area contributed by atoms with Crippen molar-refractivity contribution in [2.45, 2.75) is 77.6 Å². The SMILES string of the molecule is CCCCCCCC1(CN)CCCCC1. The van der Waals surface area contributed by atoms with Crippen LogP contribution in [0.25, 0.3) is 0 Å². The highest BCUT2D eigenvalue weighted by molar-refractivity contribution is 4.83. The first-order valence-electron chi connectivity index (χ1n) is 7.03. The van der Waals surface area contributed by atoms with Gasteiger partial charge in [0.2, 0.25) is 0 Å². The Bertz CT molecular complexity index is 147. The van der Waals surface area contributed by atoms with Gasteiger partial charge in [0, 0.05) is 0 Å². The van der Waals surface area contributed by atoms with Crippen LogP contribution in [0.4, 0.5) is 0 Å². The third-order valence-corrected chi connectivity index (χ3v) is 4.16. The minimum Gasteiger partial charge on any atom is -0.330 e. The molecule has 0 aromatic rings. The van der Waals surface area contributed by atoms with Crippen LogP contribution in [0.5, 0.6) is 0 Å². The molecule has 2 N–H and O–H groups in total. The van der Waals surface area contributed by atoms with E-state index in [1.54, 1.807) is 0 Å². The molecule has 1 saturated carbocycles. The van der Waals surface area contributed by atoms with Gasteiger partial charge in [-0.1, -0.05) is 58.3 Å². The molecule has 1 fully saturated rings. The van der Waals surface area contributed by atoms with Gasteiger partial charge in [-0.05, 0) is 31.2 Å². The lowest BCUT2D eigenvalue weighted by atomic mass is 9.71. The summed E-state index contributed by atoms with van der Waals surface area (Å²) in [4.78, 5) is 0. The highest BCUT2D eigenvalue weighted by Gasteiger charge is 2.29. The molecule has 1 rings (SSSR count). The molecular weight excluding hydrogens is 182 g/mol. The Balaban J connectivity index is 2.15. The molecule has 1 aliphatic carbocycles. The summed E-state index contributed by atoms with van der Waals surface area (Å²) in [5.41, 5.74) is 6.53. The number of rotatable bonds is 7. The zero-order valence-electron chi connectivity index (χ0n) is 10.6. The molecule has 0 radical (unpaired) electrons. The van der Waals surface area contributed by atoms with E-state index in [0.717, 1.165) is 6.54 Å². The largest absolute Gasteiger partial charge is 0.330 e. The fourth-order valence-corrected chi connectivity index (χ4v) is 2.96. The summed E-state index contributed by atoms with van der Waals surface area (Å²) < 4.78 is 0. The van der Waals surface area contributed by atoms with Crippen LogP contribution in [-0.2, 0) is 0 Å². The molecule has 0 unspecified atom stereocenters. The number of nitrogens with two attached hydrogens (primary N) is 1. The van der Waals surface area contributed by atoms with E-state index in [0.29, 0.717) is 5.41 Å². The van der Waals surface area contributed by atoms with E-state index in [9.17, 15) is 0 Å². The predicted molar refractivity (Wildman–Crippen MR) is 67.9 cm³/mol. The van der Waals surface area contributed by atoms with Crippen LogP contribution in [0, 0.1) is 5.41 Å². The Morgan fingerprint density at radius 2 is 1.60 bits per heavy atom. The summed E-state index contributed by atoms with van der Waals surface area (Å²) in [5.74, 6) is 0. The molecule has 1 aliphatic rings. The van der Waals surface area contributed by atoms with E-state index in [1.807, 2.05) is 0 Å². The average Bonchev–Trinajstić information content (AvgIpc) is 2.30. The van der Waals surface area contributed by atoms with Crippen LogP contribution in [0.3, 0.4) is 0 Å². The molecule has 0 aromatic heterocycles. The summed E-state index contributed by atoms with van der Waals surface area (Å²) in [6.45, 7) is 3.21. The molecule has 15 heavy (non-hydrogen) atoms. The molecular formula is C14H29N. The Morgan fingerprint density at radius 3 is 2.20 bits per heavy atom. The third kappa shape index (κ3) is 4.55. The van der Waals surface area contributed by atoms with E-state index in [1.165, 1.54) is 70.6 Å². The van der Waals surface area contributed by atoms with Gasteiger partial charge in [0.05, 0.1) is 0 Å². The second-order valence-electron chi connectivity index (χ2n) is 5.43. The topological polar surface area (TPSA) is 26.0 Å². The smallest absolute Gasteiger partial charge is 0.00205 e. The quantitative estimate of drug-likeness (QED) is 0.626. The van der Waals surface area contributed by atoms with Gasteiger partial charge in [-0.15, -0.1) is 0 Å².